The third kappa shape index (κ3) is 3.68. The smallest absolute Gasteiger partial charge is 0.280 e. The first-order valence-corrected chi connectivity index (χ1v) is 8.92. The fourth-order valence-electron chi connectivity index (χ4n) is 3.31. The number of likely N-dealkylation sites (N-methyl/N-ethyl adjacent to an activating group) is 1. The van der Waals surface area contributed by atoms with Crippen molar-refractivity contribution in [3.63, 3.8) is 0 Å². The van der Waals surface area contributed by atoms with Crippen LogP contribution in [0.25, 0.3) is 0 Å². The molecule has 112 valence electrons. The highest BCUT2D eigenvalue weighted by Gasteiger charge is 2.35. The van der Waals surface area contributed by atoms with Crippen LogP contribution >= 0.6 is 0 Å². The van der Waals surface area contributed by atoms with Crippen LogP contribution in [0.5, 0.6) is 0 Å². The highest BCUT2D eigenvalue weighted by molar-refractivity contribution is 7.87. The van der Waals surface area contributed by atoms with Gasteiger partial charge in [0, 0.05) is 25.2 Å². The van der Waals surface area contributed by atoms with E-state index in [0.717, 1.165) is 45.1 Å². The minimum Gasteiger partial charge on any atom is -0.318 e. The Morgan fingerprint density at radius 2 is 1.95 bits per heavy atom. The molecule has 1 aliphatic heterocycles. The Labute approximate surface area is 117 Å². The van der Waals surface area contributed by atoms with Crippen LogP contribution < -0.4 is 10.0 Å². The molecule has 3 unspecified atom stereocenters. The second-order valence-electron chi connectivity index (χ2n) is 5.96. The number of nitrogens with zero attached hydrogens (tertiary/aromatic N) is 1. The molecule has 6 heteroatoms. The average Bonchev–Trinajstić information content (AvgIpc) is 2.75. The maximum absolute atomic E-state index is 12.6. The van der Waals surface area contributed by atoms with Crippen molar-refractivity contribution in [3.8, 4) is 0 Å². The number of hydrogen-bond acceptors (Lipinski definition) is 3. The normalized spacial score (nSPS) is 33.7. The molecule has 0 aromatic rings. The maximum atomic E-state index is 12.6. The Morgan fingerprint density at radius 3 is 2.58 bits per heavy atom. The third-order valence-corrected chi connectivity index (χ3v) is 6.18. The molecule has 2 aliphatic rings. The first-order chi connectivity index (χ1) is 9.04. The van der Waals surface area contributed by atoms with E-state index in [4.69, 9.17) is 0 Å². The molecule has 0 radical (unpaired) electrons. The lowest BCUT2D eigenvalue weighted by Gasteiger charge is -2.35. The van der Waals surface area contributed by atoms with Gasteiger partial charge < -0.3 is 5.32 Å². The van der Waals surface area contributed by atoms with E-state index >= 15 is 0 Å². The van der Waals surface area contributed by atoms with Crippen molar-refractivity contribution in [3.05, 3.63) is 0 Å². The lowest BCUT2D eigenvalue weighted by atomic mass is 10.1. The van der Waals surface area contributed by atoms with E-state index in [1.54, 1.807) is 4.31 Å². The minimum absolute atomic E-state index is 0.105. The molecule has 0 spiro atoms. The number of rotatable bonds is 5. The number of piperidine rings is 1. The van der Waals surface area contributed by atoms with Gasteiger partial charge in [0.15, 0.2) is 0 Å². The highest BCUT2D eigenvalue weighted by atomic mass is 32.2. The topological polar surface area (TPSA) is 61.4 Å². The molecule has 2 fully saturated rings. The first-order valence-electron chi connectivity index (χ1n) is 7.48. The van der Waals surface area contributed by atoms with Gasteiger partial charge in [-0.3, -0.25) is 0 Å². The minimum atomic E-state index is -3.33. The molecule has 19 heavy (non-hydrogen) atoms. The summed E-state index contributed by atoms with van der Waals surface area (Å²) in [5.74, 6) is 0.460. The van der Waals surface area contributed by atoms with Crippen molar-refractivity contribution in [2.24, 2.45) is 5.92 Å². The Hall–Kier alpha value is -0.170. The Balaban J connectivity index is 2.03. The van der Waals surface area contributed by atoms with E-state index < -0.39 is 10.2 Å². The van der Waals surface area contributed by atoms with Crippen LogP contribution in [-0.4, -0.2) is 44.9 Å². The standard InChI is InChI=1S/C13H27N3O2S/c1-11-6-5-8-13(11)15-19(17,18)16-9-4-3-7-12(16)10-14-2/h11-15H,3-10H2,1-2H3. The fraction of sp³-hybridized carbons (Fsp3) is 1.00. The zero-order valence-electron chi connectivity index (χ0n) is 12.1. The van der Waals surface area contributed by atoms with Crippen LogP contribution in [0.3, 0.4) is 0 Å². The molecule has 2 rings (SSSR count). The van der Waals surface area contributed by atoms with Gasteiger partial charge in [0.1, 0.15) is 0 Å². The van der Waals surface area contributed by atoms with Gasteiger partial charge in [-0.25, -0.2) is 0 Å². The molecule has 1 aliphatic carbocycles. The van der Waals surface area contributed by atoms with Crippen LogP contribution in [-0.2, 0) is 10.2 Å². The quantitative estimate of drug-likeness (QED) is 0.796. The van der Waals surface area contributed by atoms with Gasteiger partial charge in [-0.2, -0.15) is 17.4 Å². The van der Waals surface area contributed by atoms with Crippen molar-refractivity contribution in [1.29, 1.82) is 0 Å². The summed E-state index contributed by atoms with van der Waals surface area (Å²) in [4.78, 5) is 0. The molecule has 1 heterocycles. The summed E-state index contributed by atoms with van der Waals surface area (Å²) in [5.41, 5.74) is 0. The molecule has 0 aromatic heterocycles. The molecular formula is C13H27N3O2S. The van der Waals surface area contributed by atoms with Gasteiger partial charge in [0.25, 0.3) is 10.2 Å². The summed E-state index contributed by atoms with van der Waals surface area (Å²) in [7, 11) is -1.45. The molecule has 1 saturated heterocycles. The summed E-state index contributed by atoms with van der Waals surface area (Å²) in [6.45, 7) is 3.53. The molecule has 3 atom stereocenters. The largest absolute Gasteiger partial charge is 0.318 e. The zero-order valence-corrected chi connectivity index (χ0v) is 12.9. The van der Waals surface area contributed by atoms with E-state index in [2.05, 4.69) is 17.0 Å². The second-order valence-corrected chi connectivity index (χ2v) is 7.61. The molecule has 0 aromatic carbocycles. The van der Waals surface area contributed by atoms with Crippen LogP contribution in [0, 0.1) is 5.92 Å². The van der Waals surface area contributed by atoms with Crippen LogP contribution in [0.1, 0.15) is 45.4 Å². The summed E-state index contributed by atoms with van der Waals surface area (Å²) >= 11 is 0. The van der Waals surface area contributed by atoms with Gasteiger partial charge >= 0.3 is 0 Å². The predicted octanol–water partition coefficient (Wildman–Crippen LogP) is 1.08. The zero-order chi connectivity index (χ0) is 13.9. The van der Waals surface area contributed by atoms with Gasteiger partial charge in [-0.05, 0) is 38.6 Å². The Morgan fingerprint density at radius 1 is 1.16 bits per heavy atom. The molecule has 0 amide bonds. The second kappa shape index (κ2) is 6.52. The van der Waals surface area contributed by atoms with Crippen molar-refractivity contribution >= 4 is 10.2 Å². The first kappa shape index (κ1) is 15.2. The third-order valence-electron chi connectivity index (χ3n) is 4.48. The molecule has 5 nitrogen and oxygen atoms in total. The van der Waals surface area contributed by atoms with Crippen LogP contribution in [0.4, 0.5) is 0 Å². The van der Waals surface area contributed by atoms with E-state index in [9.17, 15) is 8.42 Å². The van der Waals surface area contributed by atoms with E-state index in [0.29, 0.717) is 12.5 Å². The molecule has 1 saturated carbocycles. The lowest BCUT2D eigenvalue weighted by Crippen LogP contribution is -2.54. The molecule has 2 N–H and O–H groups in total. The predicted molar refractivity (Wildman–Crippen MR) is 77.1 cm³/mol. The highest BCUT2D eigenvalue weighted by Crippen LogP contribution is 2.27. The SMILES string of the molecule is CNCC1CCCCN1S(=O)(=O)NC1CCCC1C. The van der Waals surface area contributed by atoms with E-state index in [-0.39, 0.29) is 12.1 Å². The van der Waals surface area contributed by atoms with E-state index in [1.807, 2.05) is 7.05 Å². The molecule has 0 bridgehead atoms. The van der Waals surface area contributed by atoms with Gasteiger partial charge in [0.05, 0.1) is 0 Å². The summed E-state index contributed by atoms with van der Waals surface area (Å²) in [5, 5.41) is 3.11. The lowest BCUT2D eigenvalue weighted by molar-refractivity contribution is 0.243. The van der Waals surface area contributed by atoms with Crippen LogP contribution in [0.2, 0.25) is 0 Å². The monoisotopic (exact) mass is 289 g/mol. The maximum Gasteiger partial charge on any atom is 0.280 e. The van der Waals surface area contributed by atoms with Gasteiger partial charge in [-0.15, -0.1) is 0 Å². The summed E-state index contributed by atoms with van der Waals surface area (Å²) in [6, 6.07) is 0.232. The van der Waals surface area contributed by atoms with Crippen molar-refractivity contribution in [2.75, 3.05) is 20.1 Å². The van der Waals surface area contributed by atoms with Gasteiger partial charge in [-0.1, -0.05) is 19.8 Å². The van der Waals surface area contributed by atoms with E-state index in [1.165, 1.54) is 0 Å². The number of hydrogen-bond donors (Lipinski definition) is 2. The summed E-state index contributed by atoms with van der Waals surface area (Å²) < 4.78 is 29.7. The average molecular weight is 289 g/mol. The van der Waals surface area contributed by atoms with Crippen molar-refractivity contribution < 1.29 is 8.42 Å². The Kier molecular flexibility index (Phi) is 5.22. The van der Waals surface area contributed by atoms with Gasteiger partial charge in [0.2, 0.25) is 0 Å². The summed E-state index contributed by atoms with van der Waals surface area (Å²) in [6.07, 6.45) is 6.30. The van der Waals surface area contributed by atoms with Crippen molar-refractivity contribution in [1.82, 2.24) is 14.3 Å². The molecular weight excluding hydrogens is 262 g/mol. The fourth-order valence-corrected chi connectivity index (χ4v) is 5.12. The Bertz CT molecular complexity index is 383. The van der Waals surface area contributed by atoms with Crippen LogP contribution in [0.15, 0.2) is 0 Å². The van der Waals surface area contributed by atoms with Crippen molar-refractivity contribution in [2.45, 2.75) is 57.5 Å². The number of nitrogens with one attached hydrogen (secondary N) is 2.